The van der Waals surface area contributed by atoms with Crippen molar-refractivity contribution in [3.63, 3.8) is 0 Å². The van der Waals surface area contributed by atoms with Gasteiger partial charge in [0, 0.05) is 4.88 Å². The highest BCUT2D eigenvalue weighted by Crippen LogP contribution is 2.26. The Morgan fingerprint density at radius 2 is 2.28 bits per heavy atom. The van der Waals surface area contributed by atoms with E-state index in [9.17, 15) is 14.4 Å². The fourth-order valence-corrected chi connectivity index (χ4v) is 3.23. The molecule has 2 heterocycles. The first-order valence-corrected chi connectivity index (χ1v) is 6.90. The van der Waals surface area contributed by atoms with Gasteiger partial charge in [-0.3, -0.25) is 24.7 Å². The summed E-state index contributed by atoms with van der Waals surface area (Å²) in [7, 11) is 0. The van der Waals surface area contributed by atoms with Crippen LogP contribution in [0.1, 0.15) is 20.1 Å². The molecule has 0 atom stereocenters. The molecule has 2 rings (SSSR count). The number of nitrogens with zero attached hydrogens (tertiary/aromatic N) is 1. The van der Waals surface area contributed by atoms with E-state index in [0.29, 0.717) is 4.88 Å². The van der Waals surface area contributed by atoms with Crippen molar-refractivity contribution in [3.8, 4) is 0 Å². The number of rotatable bonds is 3. The molecular formula is C10H11N3O3S2. The SMILES string of the molecule is Cc1sc(C(=O)NN)cc1CN1C(=O)CSC1=O. The number of thioether (sulfide) groups is 1. The highest BCUT2D eigenvalue weighted by atomic mass is 32.2. The molecule has 0 spiro atoms. The molecule has 1 aliphatic heterocycles. The number of nitrogens with two attached hydrogens (primary N) is 1. The first kappa shape index (κ1) is 13.1. The lowest BCUT2D eigenvalue weighted by Gasteiger charge is -2.11. The molecule has 96 valence electrons. The van der Waals surface area contributed by atoms with Gasteiger partial charge in [-0.1, -0.05) is 11.8 Å². The van der Waals surface area contributed by atoms with Gasteiger partial charge in [-0.2, -0.15) is 0 Å². The lowest BCUT2D eigenvalue weighted by atomic mass is 10.2. The van der Waals surface area contributed by atoms with E-state index in [1.165, 1.54) is 16.2 Å². The summed E-state index contributed by atoms with van der Waals surface area (Å²) in [5, 5.41) is -0.240. The van der Waals surface area contributed by atoms with Crippen molar-refractivity contribution in [1.82, 2.24) is 10.3 Å². The maximum Gasteiger partial charge on any atom is 0.289 e. The molecule has 0 unspecified atom stereocenters. The van der Waals surface area contributed by atoms with Crippen molar-refractivity contribution in [2.75, 3.05) is 5.75 Å². The summed E-state index contributed by atoms with van der Waals surface area (Å²) < 4.78 is 0. The number of hydrazine groups is 1. The van der Waals surface area contributed by atoms with Crippen LogP contribution in [0.3, 0.4) is 0 Å². The first-order valence-electron chi connectivity index (χ1n) is 5.10. The van der Waals surface area contributed by atoms with Gasteiger partial charge in [0.05, 0.1) is 17.2 Å². The van der Waals surface area contributed by atoms with E-state index in [2.05, 4.69) is 5.43 Å². The molecule has 3 N–H and O–H groups in total. The maximum atomic E-state index is 11.5. The van der Waals surface area contributed by atoms with Crippen LogP contribution in [-0.4, -0.2) is 27.7 Å². The fraction of sp³-hybridized carbons (Fsp3) is 0.300. The second-order valence-electron chi connectivity index (χ2n) is 3.70. The van der Waals surface area contributed by atoms with Crippen LogP contribution in [0.25, 0.3) is 0 Å². The Labute approximate surface area is 111 Å². The largest absolute Gasteiger partial charge is 0.289 e. The monoisotopic (exact) mass is 285 g/mol. The molecular weight excluding hydrogens is 274 g/mol. The maximum absolute atomic E-state index is 11.5. The number of thiophene rings is 1. The third kappa shape index (κ3) is 2.40. The lowest BCUT2D eigenvalue weighted by molar-refractivity contribution is -0.125. The van der Waals surface area contributed by atoms with Gasteiger partial charge in [-0.15, -0.1) is 11.3 Å². The van der Waals surface area contributed by atoms with E-state index in [1.807, 2.05) is 6.92 Å². The minimum absolute atomic E-state index is 0.193. The molecule has 0 bridgehead atoms. The Bertz CT molecular complexity index is 510. The predicted octanol–water partition coefficient (Wildman–Crippen LogP) is 0.855. The van der Waals surface area contributed by atoms with E-state index < -0.39 is 0 Å². The number of hydrogen-bond acceptors (Lipinski definition) is 6. The van der Waals surface area contributed by atoms with Crippen LogP contribution in [0.5, 0.6) is 0 Å². The molecule has 8 heteroatoms. The molecule has 0 aromatic carbocycles. The molecule has 1 aromatic rings. The number of carbonyl (C=O) groups is 3. The smallest absolute Gasteiger partial charge is 0.289 e. The second kappa shape index (κ2) is 5.09. The van der Waals surface area contributed by atoms with Crippen LogP contribution in [0, 0.1) is 6.92 Å². The predicted molar refractivity (Wildman–Crippen MR) is 69.1 cm³/mol. The summed E-state index contributed by atoms with van der Waals surface area (Å²) in [4.78, 5) is 36.9. The third-order valence-corrected chi connectivity index (χ3v) is 4.49. The van der Waals surface area contributed by atoms with E-state index >= 15 is 0 Å². The molecule has 0 saturated carbocycles. The zero-order chi connectivity index (χ0) is 13.3. The summed E-state index contributed by atoms with van der Waals surface area (Å²) in [6.45, 7) is 2.05. The van der Waals surface area contributed by atoms with Gasteiger partial charge < -0.3 is 0 Å². The standard InChI is InChI=1S/C10H11N3O3S2/c1-5-6(2-7(18-5)9(15)12-11)3-13-8(14)4-17-10(13)16/h2H,3-4,11H2,1H3,(H,12,15). The van der Waals surface area contributed by atoms with Crippen molar-refractivity contribution in [2.24, 2.45) is 5.84 Å². The third-order valence-electron chi connectivity index (χ3n) is 2.54. The zero-order valence-corrected chi connectivity index (χ0v) is 11.2. The average Bonchev–Trinajstić information content (AvgIpc) is 2.86. The number of amides is 3. The van der Waals surface area contributed by atoms with Crippen LogP contribution in [-0.2, 0) is 11.3 Å². The number of imide groups is 1. The molecule has 1 aliphatic rings. The van der Waals surface area contributed by atoms with Crippen LogP contribution in [0.4, 0.5) is 4.79 Å². The van der Waals surface area contributed by atoms with Crippen LogP contribution in [0.15, 0.2) is 6.07 Å². The average molecular weight is 285 g/mol. The summed E-state index contributed by atoms with van der Waals surface area (Å²) in [5.41, 5.74) is 2.85. The van der Waals surface area contributed by atoms with E-state index in [1.54, 1.807) is 6.07 Å². The number of nitrogens with one attached hydrogen (secondary N) is 1. The summed E-state index contributed by atoms with van der Waals surface area (Å²) in [6, 6.07) is 1.66. The number of aryl methyl sites for hydroxylation is 1. The minimum Gasteiger partial charge on any atom is -0.289 e. The molecule has 1 aromatic heterocycles. The van der Waals surface area contributed by atoms with Gasteiger partial charge in [-0.25, -0.2) is 5.84 Å². The molecule has 6 nitrogen and oxygen atoms in total. The topological polar surface area (TPSA) is 92.5 Å². The lowest BCUT2D eigenvalue weighted by Crippen LogP contribution is -2.29. The molecule has 18 heavy (non-hydrogen) atoms. The first-order chi connectivity index (χ1) is 8.52. The van der Waals surface area contributed by atoms with Crippen molar-refractivity contribution in [1.29, 1.82) is 0 Å². The van der Waals surface area contributed by atoms with Crippen LogP contribution in [0.2, 0.25) is 0 Å². The number of nitrogen functional groups attached to an aromatic ring is 1. The number of carbonyl (C=O) groups excluding carboxylic acids is 3. The summed E-state index contributed by atoms with van der Waals surface area (Å²) in [6.07, 6.45) is 0. The molecule has 1 fully saturated rings. The van der Waals surface area contributed by atoms with E-state index in [-0.39, 0.29) is 29.4 Å². The summed E-state index contributed by atoms with van der Waals surface area (Å²) >= 11 is 2.28. The van der Waals surface area contributed by atoms with E-state index in [4.69, 9.17) is 5.84 Å². The number of hydrogen-bond donors (Lipinski definition) is 2. The van der Waals surface area contributed by atoms with Crippen LogP contribution < -0.4 is 11.3 Å². The Morgan fingerprint density at radius 3 is 2.83 bits per heavy atom. The van der Waals surface area contributed by atoms with Gasteiger partial charge in [-0.05, 0) is 18.6 Å². The Kier molecular flexibility index (Phi) is 3.69. The van der Waals surface area contributed by atoms with Gasteiger partial charge in [0.15, 0.2) is 0 Å². The second-order valence-corrected chi connectivity index (χ2v) is 5.88. The zero-order valence-electron chi connectivity index (χ0n) is 9.56. The van der Waals surface area contributed by atoms with Gasteiger partial charge >= 0.3 is 0 Å². The van der Waals surface area contributed by atoms with Gasteiger partial charge in [0.1, 0.15) is 0 Å². The van der Waals surface area contributed by atoms with Gasteiger partial charge in [0.25, 0.3) is 11.1 Å². The van der Waals surface area contributed by atoms with Crippen molar-refractivity contribution < 1.29 is 14.4 Å². The highest BCUT2D eigenvalue weighted by Gasteiger charge is 2.30. The van der Waals surface area contributed by atoms with Crippen molar-refractivity contribution in [3.05, 3.63) is 21.4 Å². The fourth-order valence-electron chi connectivity index (χ4n) is 1.56. The molecule has 3 amide bonds. The Balaban J connectivity index is 2.19. The van der Waals surface area contributed by atoms with Crippen LogP contribution >= 0.6 is 23.1 Å². The van der Waals surface area contributed by atoms with Gasteiger partial charge in [0.2, 0.25) is 5.91 Å². The van der Waals surface area contributed by atoms with E-state index in [0.717, 1.165) is 22.2 Å². The Morgan fingerprint density at radius 1 is 1.56 bits per heavy atom. The Hall–Kier alpha value is -1.38. The highest BCUT2D eigenvalue weighted by molar-refractivity contribution is 8.14. The van der Waals surface area contributed by atoms with Crippen molar-refractivity contribution >= 4 is 40.2 Å². The van der Waals surface area contributed by atoms with Crippen molar-refractivity contribution in [2.45, 2.75) is 13.5 Å². The molecule has 0 aliphatic carbocycles. The molecule has 0 radical (unpaired) electrons. The normalized spacial score (nSPS) is 15.3. The quantitative estimate of drug-likeness (QED) is 0.488. The summed E-state index contributed by atoms with van der Waals surface area (Å²) in [5.74, 6) is 4.68. The molecule has 1 saturated heterocycles. The minimum atomic E-state index is -0.372.